The van der Waals surface area contributed by atoms with Crippen molar-refractivity contribution in [3.8, 4) is 11.1 Å². The number of benzene rings is 2. The minimum atomic E-state index is 0.669. The van der Waals surface area contributed by atoms with E-state index in [9.17, 15) is 0 Å². The summed E-state index contributed by atoms with van der Waals surface area (Å²) in [5.74, 6) is 1.65. The fraction of sp³-hybridized carbons (Fsp3) is 0.407. The maximum Gasteiger partial charge on any atom is 0.0717 e. The van der Waals surface area contributed by atoms with Crippen LogP contribution in [-0.4, -0.2) is 6.61 Å². The van der Waals surface area contributed by atoms with Crippen LogP contribution in [0.5, 0.6) is 0 Å². The summed E-state index contributed by atoms with van der Waals surface area (Å²) in [5, 5.41) is 0. The molecule has 0 radical (unpaired) electrons. The van der Waals surface area contributed by atoms with Crippen molar-refractivity contribution in [2.45, 2.75) is 57.5 Å². The van der Waals surface area contributed by atoms with Crippen LogP contribution in [0.25, 0.3) is 11.1 Å². The largest absolute Gasteiger partial charge is 0.376 e. The van der Waals surface area contributed by atoms with Crippen molar-refractivity contribution in [3.63, 3.8) is 0 Å². The third-order valence-electron chi connectivity index (χ3n) is 6.03. The molecule has 148 valence electrons. The second-order valence-corrected chi connectivity index (χ2v) is 8.03. The number of ether oxygens (including phenoxy) is 1. The van der Waals surface area contributed by atoms with Crippen molar-refractivity contribution < 1.29 is 4.74 Å². The lowest BCUT2D eigenvalue weighted by atomic mass is 9.77. The highest BCUT2D eigenvalue weighted by Crippen LogP contribution is 2.38. The van der Waals surface area contributed by atoms with E-state index in [1.165, 1.54) is 60.8 Å². The first-order valence-electron chi connectivity index (χ1n) is 10.8. The maximum absolute atomic E-state index is 5.64. The Labute approximate surface area is 171 Å². The number of hydrogen-bond acceptors (Lipinski definition) is 1. The van der Waals surface area contributed by atoms with Crippen molar-refractivity contribution in [2.75, 3.05) is 6.61 Å². The molecule has 28 heavy (non-hydrogen) atoms. The molecule has 0 heterocycles. The lowest BCUT2D eigenvalue weighted by Gasteiger charge is -2.28. The monoisotopic (exact) mass is 374 g/mol. The van der Waals surface area contributed by atoms with Gasteiger partial charge in [-0.3, -0.25) is 0 Å². The van der Waals surface area contributed by atoms with E-state index in [2.05, 4.69) is 67.8 Å². The van der Waals surface area contributed by atoms with Crippen LogP contribution in [-0.2, 0) is 11.3 Å². The summed E-state index contributed by atoms with van der Waals surface area (Å²) in [6, 6.07) is 18.0. The van der Waals surface area contributed by atoms with Gasteiger partial charge in [-0.15, -0.1) is 13.2 Å². The Morgan fingerprint density at radius 1 is 0.786 bits per heavy atom. The minimum absolute atomic E-state index is 0.669. The van der Waals surface area contributed by atoms with E-state index in [-0.39, 0.29) is 0 Å². The molecule has 1 fully saturated rings. The van der Waals surface area contributed by atoms with Gasteiger partial charge in [0.05, 0.1) is 13.2 Å². The van der Waals surface area contributed by atoms with E-state index in [1.807, 2.05) is 6.08 Å². The SMILES string of the molecule is C=CCCOCc1ccc(-c2ccc([C@H]3CC[C@H](CCC=C)CC3)cc2)cc1. The summed E-state index contributed by atoms with van der Waals surface area (Å²) < 4.78 is 5.64. The van der Waals surface area contributed by atoms with Gasteiger partial charge in [-0.05, 0) is 79.0 Å². The topological polar surface area (TPSA) is 9.23 Å². The summed E-state index contributed by atoms with van der Waals surface area (Å²) in [6.07, 6.45) is 12.8. The molecule has 0 aliphatic heterocycles. The lowest BCUT2D eigenvalue weighted by Crippen LogP contribution is -2.13. The fourth-order valence-electron chi connectivity index (χ4n) is 4.24. The first kappa shape index (κ1) is 20.6. The van der Waals surface area contributed by atoms with Gasteiger partial charge in [-0.1, -0.05) is 60.7 Å². The second kappa shape index (κ2) is 11.0. The molecule has 0 N–H and O–H groups in total. The van der Waals surface area contributed by atoms with Crippen LogP contribution in [0.2, 0.25) is 0 Å². The normalized spacial score (nSPS) is 19.3. The average molecular weight is 375 g/mol. The molecule has 2 aromatic carbocycles. The molecule has 1 aliphatic carbocycles. The van der Waals surface area contributed by atoms with Crippen molar-refractivity contribution in [3.05, 3.63) is 85.0 Å². The van der Waals surface area contributed by atoms with Gasteiger partial charge in [0.15, 0.2) is 0 Å². The zero-order valence-corrected chi connectivity index (χ0v) is 17.1. The molecule has 0 unspecified atom stereocenters. The molecule has 3 rings (SSSR count). The predicted octanol–water partition coefficient (Wildman–Crippen LogP) is 7.69. The van der Waals surface area contributed by atoms with Gasteiger partial charge < -0.3 is 4.74 Å². The first-order chi connectivity index (χ1) is 13.8. The summed E-state index contributed by atoms with van der Waals surface area (Å²) in [6.45, 7) is 8.98. The van der Waals surface area contributed by atoms with E-state index in [0.717, 1.165) is 24.9 Å². The van der Waals surface area contributed by atoms with Crippen LogP contribution in [0.1, 0.15) is 62.0 Å². The number of hydrogen-bond donors (Lipinski definition) is 0. The van der Waals surface area contributed by atoms with Crippen LogP contribution in [0.4, 0.5) is 0 Å². The summed E-state index contributed by atoms with van der Waals surface area (Å²) in [5.41, 5.74) is 5.30. The highest BCUT2D eigenvalue weighted by molar-refractivity contribution is 5.64. The van der Waals surface area contributed by atoms with Gasteiger partial charge >= 0.3 is 0 Å². The Bertz CT molecular complexity index is 718. The van der Waals surface area contributed by atoms with Crippen molar-refractivity contribution in [2.24, 2.45) is 5.92 Å². The van der Waals surface area contributed by atoms with Crippen molar-refractivity contribution >= 4 is 0 Å². The fourth-order valence-corrected chi connectivity index (χ4v) is 4.24. The molecule has 2 aromatic rings. The average Bonchev–Trinajstić information content (AvgIpc) is 2.76. The van der Waals surface area contributed by atoms with Gasteiger partial charge in [0.2, 0.25) is 0 Å². The number of allylic oxidation sites excluding steroid dienone is 1. The van der Waals surface area contributed by atoms with Gasteiger partial charge in [0, 0.05) is 0 Å². The van der Waals surface area contributed by atoms with E-state index in [1.54, 1.807) is 0 Å². The Kier molecular flexibility index (Phi) is 8.11. The van der Waals surface area contributed by atoms with E-state index >= 15 is 0 Å². The predicted molar refractivity (Wildman–Crippen MR) is 120 cm³/mol. The van der Waals surface area contributed by atoms with Crippen LogP contribution < -0.4 is 0 Å². The minimum Gasteiger partial charge on any atom is -0.376 e. The van der Waals surface area contributed by atoms with Gasteiger partial charge in [0.1, 0.15) is 0 Å². The Morgan fingerprint density at radius 2 is 1.39 bits per heavy atom. The molecule has 1 heteroatoms. The second-order valence-electron chi connectivity index (χ2n) is 8.03. The molecule has 0 amide bonds. The van der Waals surface area contributed by atoms with Gasteiger partial charge in [-0.25, -0.2) is 0 Å². The van der Waals surface area contributed by atoms with Crippen LogP contribution in [0.15, 0.2) is 73.8 Å². The standard InChI is InChI=1S/C27H34O/c1-3-5-7-22-8-12-24(13-9-22)26-16-18-27(19-17-26)25-14-10-23(11-15-25)21-28-20-6-4-2/h3-4,10-11,14-19,22,24H,1-2,5-9,12-13,20-21H2/t22-,24-. The molecule has 0 spiro atoms. The van der Waals surface area contributed by atoms with Gasteiger partial charge in [0.25, 0.3) is 0 Å². The molecular weight excluding hydrogens is 340 g/mol. The Hall–Kier alpha value is -2.12. The van der Waals surface area contributed by atoms with E-state index in [4.69, 9.17) is 4.74 Å². The molecule has 1 aliphatic rings. The zero-order valence-electron chi connectivity index (χ0n) is 17.1. The Morgan fingerprint density at radius 3 is 2.00 bits per heavy atom. The Balaban J connectivity index is 1.53. The van der Waals surface area contributed by atoms with Crippen molar-refractivity contribution in [1.82, 2.24) is 0 Å². The molecule has 1 saturated carbocycles. The van der Waals surface area contributed by atoms with Crippen LogP contribution >= 0.6 is 0 Å². The molecule has 0 bridgehead atoms. The summed E-state index contributed by atoms with van der Waals surface area (Å²) in [4.78, 5) is 0. The van der Waals surface area contributed by atoms with Gasteiger partial charge in [-0.2, -0.15) is 0 Å². The highest BCUT2D eigenvalue weighted by Gasteiger charge is 2.21. The van der Waals surface area contributed by atoms with Crippen LogP contribution in [0, 0.1) is 5.92 Å². The molecular formula is C27H34O. The third kappa shape index (κ3) is 5.94. The maximum atomic E-state index is 5.64. The summed E-state index contributed by atoms with van der Waals surface area (Å²) >= 11 is 0. The quantitative estimate of drug-likeness (QED) is 0.306. The first-order valence-corrected chi connectivity index (χ1v) is 10.8. The molecule has 0 saturated heterocycles. The third-order valence-corrected chi connectivity index (χ3v) is 6.03. The molecule has 0 aromatic heterocycles. The zero-order chi connectivity index (χ0) is 19.6. The lowest BCUT2D eigenvalue weighted by molar-refractivity contribution is 0.125. The van der Waals surface area contributed by atoms with E-state index in [0.29, 0.717) is 6.61 Å². The molecule has 0 atom stereocenters. The smallest absolute Gasteiger partial charge is 0.0717 e. The number of rotatable bonds is 10. The van der Waals surface area contributed by atoms with Crippen molar-refractivity contribution in [1.29, 1.82) is 0 Å². The van der Waals surface area contributed by atoms with E-state index < -0.39 is 0 Å². The molecule has 1 nitrogen and oxygen atoms in total. The highest BCUT2D eigenvalue weighted by atomic mass is 16.5. The van der Waals surface area contributed by atoms with Crippen LogP contribution in [0.3, 0.4) is 0 Å². The summed E-state index contributed by atoms with van der Waals surface area (Å²) in [7, 11) is 0.